The Morgan fingerprint density at radius 2 is 1.68 bits per heavy atom. The van der Waals surface area contributed by atoms with Crippen LogP contribution in [0.1, 0.15) is 44.5 Å². The third-order valence-electron chi connectivity index (χ3n) is 5.38. The summed E-state index contributed by atoms with van der Waals surface area (Å²) in [6.07, 6.45) is 1.77. The van der Waals surface area contributed by atoms with Crippen molar-refractivity contribution in [1.82, 2.24) is 15.0 Å². The number of amidine groups is 1. The lowest BCUT2D eigenvalue weighted by Crippen LogP contribution is -2.53. The van der Waals surface area contributed by atoms with E-state index in [1.807, 2.05) is 38.1 Å². The summed E-state index contributed by atoms with van der Waals surface area (Å²) in [6, 6.07) is 7.56. The fourth-order valence-corrected chi connectivity index (χ4v) is 2.82. The number of nitrogens with zero attached hydrogens (tertiary/aromatic N) is 4. The molecule has 0 aromatic carbocycles. The smallest absolute Gasteiger partial charge is 0.335 e. The second-order valence-electron chi connectivity index (χ2n) is 7.61. The minimum atomic E-state index is -0.865. The third-order valence-corrected chi connectivity index (χ3v) is 5.38. The molecule has 0 saturated heterocycles. The molecule has 0 N–H and O–H groups in total. The highest BCUT2D eigenvalue weighted by atomic mass is 16.5. The van der Waals surface area contributed by atoms with Gasteiger partial charge in [0.15, 0.2) is 11.2 Å². The summed E-state index contributed by atoms with van der Waals surface area (Å²) >= 11 is 0. The van der Waals surface area contributed by atoms with Gasteiger partial charge in [-0.05, 0) is 64.8 Å². The summed E-state index contributed by atoms with van der Waals surface area (Å²) in [5.41, 5.74) is 1.86. The monoisotopic (exact) mass is 339 g/mol. The van der Waals surface area contributed by atoms with E-state index in [2.05, 4.69) is 9.97 Å². The summed E-state index contributed by atoms with van der Waals surface area (Å²) in [5, 5.41) is 26.6. The number of pyridine rings is 2. The molecule has 1 aliphatic heterocycles. The van der Waals surface area contributed by atoms with Crippen molar-refractivity contribution in [2.45, 2.75) is 52.6 Å². The highest BCUT2D eigenvalue weighted by Crippen LogP contribution is 2.37. The van der Waals surface area contributed by atoms with Gasteiger partial charge in [0.05, 0.1) is 11.4 Å². The summed E-state index contributed by atoms with van der Waals surface area (Å²) < 4.78 is 0.793. The number of hydroxylamine groups is 3. The molecule has 0 saturated carbocycles. The topological polar surface area (TPSA) is 75.0 Å². The zero-order chi connectivity index (χ0) is 18.6. The maximum absolute atomic E-state index is 12.9. The molecule has 2 aromatic rings. The summed E-state index contributed by atoms with van der Waals surface area (Å²) in [5.74, 6) is 0.0569. The number of aryl methyl sites for hydroxylation is 2. The Labute approximate surface area is 148 Å². The summed E-state index contributed by atoms with van der Waals surface area (Å²) in [6.45, 7) is 10.9. The average Bonchev–Trinajstić information content (AvgIpc) is 2.67. The van der Waals surface area contributed by atoms with Crippen LogP contribution < -0.4 is 0 Å². The molecule has 131 valence electrons. The molecule has 3 rings (SSSR count). The van der Waals surface area contributed by atoms with Crippen LogP contribution in [0.15, 0.2) is 30.5 Å². The number of aromatic nitrogens is 2. The van der Waals surface area contributed by atoms with Crippen LogP contribution in [0.3, 0.4) is 0 Å². The van der Waals surface area contributed by atoms with E-state index < -0.39 is 11.1 Å². The number of rotatable bonds is 2. The number of hydrogen-bond acceptors (Lipinski definition) is 4. The van der Waals surface area contributed by atoms with E-state index in [9.17, 15) is 10.4 Å². The molecule has 2 aromatic heterocycles. The van der Waals surface area contributed by atoms with Gasteiger partial charge in [-0.1, -0.05) is 17.2 Å². The highest BCUT2D eigenvalue weighted by molar-refractivity contribution is 5.96. The minimum absolute atomic E-state index is 0.0569. The predicted molar refractivity (Wildman–Crippen MR) is 95.4 cm³/mol. The summed E-state index contributed by atoms with van der Waals surface area (Å²) in [4.78, 5) is 8.99. The summed E-state index contributed by atoms with van der Waals surface area (Å²) in [7, 11) is 0. The normalized spacial score (nSPS) is 18.8. The molecule has 0 atom stereocenters. The van der Waals surface area contributed by atoms with Crippen LogP contribution in [0.2, 0.25) is 0 Å². The van der Waals surface area contributed by atoms with Crippen LogP contribution in [-0.4, -0.2) is 36.7 Å². The van der Waals surface area contributed by atoms with Gasteiger partial charge in [0.2, 0.25) is 0 Å². The minimum Gasteiger partial charge on any atom is -0.714 e. The Morgan fingerprint density at radius 3 is 2.20 bits per heavy atom. The SMILES string of the molecule is Cc1ccc(-c2ccc(C)c(C3=[N+]([O-])C(C)(C)C(C)(C)N3[O])n2)nc1. The highest BCUT2D eigenvalue weighted by Gasteiger charge is 2.60. The van der Waals surface area contributed by atoms with Crippen LogP contribution in [-0.2, 0) is 5.21 Å². The molecule has 0 unspecified atom stereocenters. The van der Waals surface area contributed by atoms with Gasteiger partial charge >= 0.3 is 5.84 Å². The molecule has 0 fully saturated rings. The van der Waals surface area contributed by atoms with Crippen molar-refractivity contribution in [2.75, 3.05) is 0 Å². The third kappa shape index (κ3) is 2.48. The molecule has 0 bridgehead atoms. The zero-order valence-corrected chi connectivity index (χ0v) is 15.5. The first-order valence-electron chi connectivity index (χ1n) is 8.30. The van der Waals surface area contributed by atoms with Crippen LogP contribution in [0.5, 0.6) is 0 Å². The lowest BCUT2D eigenvalue weighted by Gasteiger charge is -2.32. The van der Waals surface area contributed by atoms with Crippen molar-refractivity contribution in [3.63, 3.8) is 0 Å². The Kier molecular flexibility index (Phi) is 3.84. The van der Waals surface area contributed by atoms with Crippen LogP contribution in [0.25, 0.3) is 11.4 Å². The van der Waals surface area contributed by atoms with Gasteiger partial charge in [-0.3, -0.25) is 9.72 Å². The molecule has 0 amide bonds. The van der Waals surface area contributed by atoms with Gasteiger partial charge in [0.25, 0.3) is 0 Å². The fraction of sp³-hybridized carbons (Fsp3) is 0.421. The molecule has 1 radical (unpaired) electrons. The van der Waals surface area contributed by atoms with E-state index >= 15 is 0 Å². The van der Waals surface area contributed by atoms with E-state index in [4.69, 9.17) is 0 Å². The molecule has 0 aliphatic carbocycles. The van der Waals surface area contributed by atoms with Gasteiger partial charge in [-0.15, -0.1) is 0 Å². The average molecular weight is 339 g/mol. The lowest BCUT2D eigenvalue weighted by atomic mass is 9.84. The van der Waals surface area contributed by atoms with Gasteiger partial charge in [-0.2, -0.15) is 0 Å². The van der Waals surface area contributed by atoms with E-state index in [-0.39, 0.29) is 5.84 Å². The van der Waals surface area contributed by atoms with E-state index in [0.717, 1.165) is 20.9 Å². The Hall–Kier alpha value is -2.47. The Morgan fingerprint density at radius 1 is 1.04 bits per heavy atom. The molecule has 25 heavy (non-hydrogen) atoms. The van der Waals surface area contributed by atoms with Gasteiger partial charge in [-0.25, -0.2) is 4.98 Å². The zero-order valence-electron chi connectivity index (χ0n) is 15.5. The number of hydrogen-bond donors (Lipinski definition) is 0. The quantitative estimate of drug-likeness (QED) is 0.622. The van der Waals surface area contributed by atoms with Crippen molar-refractivity contribution in [2.24, 2.45) is 0 Å². The fourth-order valence-electron chi connectivity index (χ4n) is 2.82. The van der Waals surface area contributed by atoms with Crippen molar-refractivity contribution >= 4 is 5.84 Å². The Balaban J connectivity index is 2.16. The maximum atomic E-state index is 12.9. The second-order valence-corrected chi connectivity index (χ2v) is 7.61. The molecular formula is C19H23N4O2. The molecule has 3 heterocycles. The molecule has 1 aliphatic rings. The van der Waals surface area contributed by atoms with E-state index in [1.54, 1.807) is 33.9 Å². The molecule has 6 heteroatoms. The Bertz CT molecular complexity index is 854. The van der Waals surface area contributed by atoms with E-state index in [0.29, 0.717) is 17.1 Å². The second kappa shape index (κ2) is 5.52. The molecule has 6 nitrogen and oxygen atoms in total. The standard InChI is InChI=1S/C19H23N4O2/c1-12-7-9-14(20-11-12)15-10-8-13(2)16(21-15)17-22(24)18(3,4)19(5,6)23(17)25/h7-11H,1-6H3. The van der Waals surface area contributed by atoms with Crippen LogP contribution in [0.4, 0.5) is 0 Å². The largest absolute Gasteiger partial charge is 0.714 e. The van der Waals surface area contributed by atoms with Gasteiger partial charge < -0.3 is 5.21 Å². The predicted octanol–water partition coefficient (Wildman–Crippen LogP) is 3.24. The molecular weight excluding hydrogens is 316 g/mol. The van der Waals surface area contributed by atoms with E-state index in [1.165, 1.54) is 0 Å². The van der Waals surface area contributed by atoms with Crippen molar-refractivity contribution in [3.05, 3.63) is 52.5 Å². The van der Waals surface area contributed by atoms with Gasteiger partial charge in [0, 0.05) is 11.4 Å². The van der Waals surface area contributed by atoms with Crippen molar-refractivity contribution in [1.29, 1.82) is 0 Å². The maximum Gasteiger partial charge on any atom is 0.335 e. The van der Waals surface area contributed by atoms with Crippen molar-refractivity contribution < 1.29 is 9.95 Å². The molecule has 0 spiro atoms. The first-order valence-corrected chi connectivity index (χ1v) is 8.30. The van der Waals surface area contributed by atoms with Crippen LogP contribution in [0, 0.1) is 19.1 Å². The van der Waals surface area contributed by atoms with Gasteiger partial charge in [0.1, 0.15) is 5.54 Å². The van der Waals surface area contributed by atoms with Crippen molar-refractivity contribution in [3.8, 4) is 11.4 Å². The van der Waals surface area contributed by atoms with Crippen LogP contribution >= 0.6 is 0 Å². The first-order chi connectivity index (χ1) is 11.6. The first kappa shape index (κ1) is 17.4. The lowest BCUT2D eigenvalue weighted by molar-refractivity contribution is -0.539.